The molecule has 0 radical (unpaired) electrons. The fourth-order valence-corrected chi connectivity index (χ4v) is 5.76. The van der Waals surface area contributed by atoms with Crippen LogP contribution in [0.15, 0.2) is 82.8 Å². The van der Waals surface area contributed by atoms with Crippen molar-refractivity contribution < 1.29 is 13.2 Å². The van der Waals surface area contributed by atoms with Gasteiger partial charge in [-0.3, -0.25) is 4.79 Å². The Morgan fingerprint density at radius 1 is 1.03 bits per heavy atom. The molecular formula is C25H24N4O3S2. The summed E-state index contributed by atoms with van der Waals surface area (Å²) in [7, 11) is -3.77. The van der Waals surface area contributed by atoms with Crippen molar-refractivity contribution in [3.05, 3.63) is 83.9 Å². The SMILES string of the molecule is NS(=O)(=O)c1ccc2c(c1)CCN2C(=O)CSc1nc2ccccc2n1CCc1ccccc1. The Balaban J connectivity index is 1.33. The molecule has 174 valence electrons. The van der Waals surface area contributed by atoms with Crippen LogP contribution >= 0.6 is 11.8 Å². The Labute approximate surface area is 202 Å². The monoisotopic (exact) mass is 492 g/mol. The van der Waals surface area contributed by atoms with E-state index in [4.69, 9.17) is 10.1 Å². The highest BCUT2D eigenvalue weighted by Gasteiger charge is 2.26. The zero-order valence-corrected chi connectivity index (χ0v) is 20.1. The minimum absolute atomic E-state index is 0.0335. The third kappa shape index (κ3) is 4.59. The second kappa shape index (κ2) is 9.25. The molecular weight excluding hydrogens is 468 g/mol. The van der Waals surface area contributed by atoms with Gasteiger partial charge in [-0.2, -0.15) is 0 Å². The topological polar surface area (TPSA) is 98.3 Å². The number of hydrogen-bond donors (Lipinski definition) is 1. The summed E-state index contributed by atoms with van der Waals surface area (Å²) in [4.78, 5) is 19.7. The molecule has 7 nitrogen and oxygen atoms in total. The number of hydrogen-bond acceptors (Lipinski definition) is 5. The lowest BCUT2D eigenvalue weighted by molar-refractivity contribution is -0.116. The molecule has 0 saturated heterocycles. The zero-order valence-electron chi connectivity index (χ0n) is 18.4. The van der Waals surface area contributed by atoms with Gasteiger partial charge in [0.25, 0.3) is 0 Å². The van der Waals surface area contributed by atoms with E-state index in [9.17, 15) is 13.2 Å². The van der Waals surface area contributed by atoms with E-state index in [0.717, 1.165) is 40.4 Å². The molecule has 4 aromatic rings. The average molecular weight is 493 g/mol. The van der Waals surface area contributed by atoms with Crippen molar-refractivity contribution in [3.63, 3.8) is 0 Å². The minimum atomic E-state index is -3.77. The summed E-state index contributed by atoms with van der Waals surface area (Å²) < 4.78 is 25.5. The maximum atomic E-state index is 13.1. The molecule has 0 saturated carbocycles. The quantitative estimate of drug-likeness (QED) is 0.398. The van der Waals surface area contributed by atoms with Gasteiger partial charge in [-0.15, -0.1) is 0 Å². The molecule has 1 amide bonds. The lowest BCUT2D eigenvalue weighted by Gasteiger charge is -2.17. The fraction of sp³-hybridized carbons (Fsp3) is 0.200. The van der Waals surface area contributed by atoms with Crippen LogP contribution < -0.4 is 10.0 Å². The number of imidazole rings is 1. The van der Waals surface area contributed by atoms with Crippen molar-refractivity contribution in [3.8, 4) is 0 Å². The number of benzene rings is 3. The predicted molar refractivity (Wildman–Crippen MR) is 134 cm³/mol. The lowest BCUT2D eigenvalue weighted by Crippen LogP contribution is -2.30. The number of aryl methyl sites for hydroxylation is 2. The minimum Gasteiger partial charge on any atom is -0.319 e. The molecule has 1 aliphatic rings. The van der Waals surface area contributed by atoms with E-state index in [-0.39, 0.29) is 16.6 Å². The van der Waals surface area contributed by atoms with Gasteiger partial charge in [0.05, 0.1) is 21.7 Å². The van der Waals surface area contributed by atoms with Crippen LogP contribution in [-0.2, 0) is 34.2 Å². The summed E-state index contributed by atoms with van der Waals surface area (Å²) in [6, 6.07) is 23.0. The maximum Gasteiger partial charge on any atom is 0.238 e. The van der Waals surface area contributed by atoms with Gasteiger partial charge in [-0.05, 0) is 54.3 Å². The summed E-state index contributed by atoms with van der Waals surface area (Å²) in [5, 5.41) is 6.06. The molecule has 0 atom stereocenters. The van der Waals surface area contributed by atoms with Crippen LogP contribution in [0, 0.1) is 0 Å². The largest absolute Gasteiger partial charge is 0.319 e. The highest BCUT2D eigenvalue weighted by Crippen LogP contribution is 2.31. The molecule has 3 aromatic carbocycles. The van der Waals surface area contributed by atoms with Gasteiger partial charge in [-0.1, -0.05) is 54.2 Å². The first-order chi connectivity index (χ1) is 16.4. The van der Waals surface area contributed by atoms with E-state index >= 15 is 0 Å². The molecule has 0 bridgehead atoms. The van der Waals surface area contributed by atoms with E-state index in [1.165, 1.54) is 23.4 Å². The predicted octanol–water partition coefficient (Wildman–Crippen LogP) is 3.61. The highest BCUT2D eigenvalue weighted by molar-refractivity contribution is 7.99. The van der Waals surface area contributed by atoms with Crippen LogP contribution in [0.1, 0.15) is 11.1 Å². The number of sulfonamides is 1. The molecule has 2 heterocycles. The zero-order chi connectivity index (χ0) is 23.7. The van der Waals surface area contributed by atoms with Gasteiger partial charge in [-0.25, -0.2) is 18.5 Å². The van der Waals surface area contributed by atoms with Crippen molar-refractivity contribution >= 4 is 44.4 Å². The van der Waals surface area contributed by atoms with Crippen LogP contribution in [0.2, 0.25) is 0 Å². The second-order valence-corrected chi connectivity index (χ2v) is 10.7. The molecule has 0 unspecified atom stereocenters. The van der Waals surface area contributed by atoms with Crippen molar-refractivity contribution in [1.29, 1.82) is 0 Å². The first-order valence-electron chi connectivity index (χ1n) is 11.0. The average Bonchev–Trinajstić information content (AvgIpc) is 3.42. The lowest BCUT2D eigenvalue weighted by atomic mass is 10.1. The normalized spacial score (nSPS) is 13.4. The van der Waals surface area contributed by atoms with E-state index in [2.05, 4.69) is 22.8 Å². The van der Waals surface area contributed by atoms with Gasteiger partial charge in [0.15, 0.2) is 5.16 Å². The number of para-hydroxylation sites is 2. The number of rotatable bonds is 7. The number of nitrogens with zero attached hydrogens (tertiary/aromatic N) is 3. The molecule has 0 spiro atoms. The van der Waals surface area contributed by atoms with Crippen LogP contribution in [0.4, 0.5) is 5.69 Å². The summed E-state index contributed by atoms with van der Waals surface area (Å²) in [5.74, 6) is 0.208. The Hall–Kier alpha value is -3.14. The van der Waals surface area contributed by atoms with Gasteiger partial charge in [0.1, 0.15) is 0 Å². The van der Waals surface area contributed by atoms with Gasteiger partial charge >= 0.3 is 0 Å². The van der Waals surface area contributed by atoms with Crippen LogP contribution in [-0.4, -0.2) is 36.2 Å². The van der Waals surface area contributed by atoms with Crippen molar-refractivity contribution in [2.24, 2.45) is 5.14 Å². The van der Waals surface area contributed by atoms with Crippen LogP contribution in [0.25, 0.3) is 11.0 Å². The molecule has 5 rings (SSSR count). The van der Waals surface area contributed by atoms with E-state index < -0.39 is 10.0 Å². The first kappa shape index (κ1) is 22.6. The number of primary sulfonamides is 1. The summed E-state index contributed by atoms with van der Waals surface area (Å²) in [6.07, 6.45) is 1.47. The number of nitrogens with two attached hydrogens (primary N) is 1. The summed E-state index contributed by atoms with van der Waals surface area (Å²) in [6.45, 7) is 1.29. The first-order valence-corrected chi connectivity index (χ1v) is 13.5. The molecule has 34 heavy (non-hydrogen) atoms. The molecule has 9 heteroatoms. The third-order valence-corrected chi connectivity index (χ3v) is 7.86. The Bertz CT molecular complexity index is 1470. The number of carbonyl (C=O) groups is 1. The number of anilines is 1. The number of thioether (sulfide) groups is 1. The second-order valence-electron chi connectivity index (χ2n) is 8.19. The van der Waals surface area contributed by atoms with Crippen LogP contribution in [0.5, 0.6) is 0 Å². The Morgan fingerprint density at radius 3 is 2.59 bits per heavy atom. The standard InChI is InChI=1S/C25H24N4O3S2/c26-34(31,32)20-10-11-22-19(16-20)13-15-28(22)24(30)17-33-25-27-21-8-4-5-9-23(21)29(25)14-12-18-6-2-1-3-7-18/h1-11,16H,12-15,17H2,(H2,26,31,32). The molecule has 2 N–H and O–H groups in total. The summed E-state index contributed by atoms with van der Waals surface area (Å²) in [5.41, 5.74) is 4.78. The molecule has 1 aromatic heterocycles. The van der Waals surface area contributed by atoms with Crippen molar-refractivity contribution in [2.45, 2.75) is 29.4 Å². The third-order valence-electron chi connectivity index (χ3n) is 5.99. The van der Waals surface area contributed by atoms with Crippen LogP contribution in [0.3, 0.4) is 0 Å². The van der Waals surface area contributed by atoms with Crippen molar-refractivity contribution in [1.82, 2.24) is 9.55 Å². The van der Waals surface area contributed by atoms with Gasteiger partial charge in [0, 0.05) is 18.8 Å². The Kier molecular flexibility index (Phi) is 6.16. The van der Waals surface area contributed by atoms with Gasteiger partial charge < -0.3 is 9.47 Å². The van der Waals surface area contributed by atoms with E-state index in [0.29, 0.717) is 13.0 Å². The molecule has 1 aliphatic heterocycles. The summed E-state index contributed by atoms with van der Waals surface area (Å²) >= 11 is 1.43. The number of amides is 1. The number of fused-ring (bicyclic) bond motifs is 2. The fourth-order valence-electron chi connectivity index (χ4n) is 4.28. The molecule has 0 aliphatic carbocycles. The maximum absolute atomic E-state index is 13.1. The number of aromatic nitrogens is 2. The van der Waals surface area contributed by atoms with E-state index in [1.54, 1.807) is 17.0 Å². The highest BCUT2D eigenvalue weighted by atomic mass is 32.2. The van der Waals surface area contributed by atoms with Crippen molar-refractivity contribution in [2.75, 3.05) is 17.2 Å². The Morgan fingerprint density at radius 2 is 1.79 bits per heavy atom. The van der Waals surface area contributed by atoms with E-state index in [1.807, 2.05) is 36.4 Å². The van der Waals surface area contributed by atoms with Gasteiger partial charge in [0.2, 0.25) is 15.9 Å². The number of carbonyl (C=O) groups excluding carboxylic acids is 1. The smallest absolute Gasteiger partial charge is 0.238 e. The molecule has 0 fully saturated rings.